The van der Waals surface area contributed by atoms with Crippen molar-refractivity contribution in [2.45, 2.75) is 38.2 Å². The minimum Gasteiger partial charge on any atom is -0.497 e. The predicted octanol–water partition coefficient (Wildman–Crippen LogP) is 3.51. The Bertz CT molecular complexity index is 761. The summed E-state index contributed by atoms with van der Waals surface area (Å²) in [4.78, 5) is 15.1. The molecule has 2 aliphatic rings. The van der Waals surface area contributed by atoms with Gasteiger partial charge in [0.2, 0.25) is 0 Å². The van der Waals surface area contributed by atoms with Gasteiger partial charge in [0.1, 0.15) is 11.4 Å². The third-order valence-electron chi connectivity index (χ3n) is 5.63. The number of aromatic amines is 1. The molecule has 2 aromatic rings. The maximum atomic E-state index is 13.1. The Balaban J connectivity index is 1.48. The van der Waals surface area contributed by atoms with Crippen LogP contribution in [0.1, 0.15) is 42.6 Å². The molecule has 2 heterocycles. The van der Waals surface area contributed by atoms with Gasteiger partial charge < -0.3 is 14.4 Å². The molecule has 0 bridgehead atoms. The lowest BCUT2D eigenvalue weighted by molar-refractivity contribution is 0.0443. The molecule has 1 atom stereocenters. The molecule has 1 aliphatic heterocycles. The Kier molecular flexibility index (Phi) is 5.43. The van der Waals surface area contributed by atoms with Crippen molar-refractivity contribution in [1.82, 2.24) is 15.1 Å². The zero-order valence-electron chi connectivity index (χ0n) is 15.8. The average Bonchev–Trinajstić information content (AvgIpc) is 3.35. The first-order valence-corrected chi connectivity index (χ1v) is 9.83. The van der Waals surface area contributed by atoms with Crippen LogP contribution in [-0.2, 0) is 4.74 Å². The normalized spacial score (nSPS) is 19.7. The molecular weight excluding hydrogens is 342 g/mol. The van der Waals surface area contributed by atoms with Crippen molar-refractivity contribution >= 4 is 5.91 Å². The molecule has 1 unspecified atom stereocenters. The van der Waals surface area contributed by atoms with Gasteiger partial charge in [-0.2, -0.15) is 5.10 Å². The number of amides is 1. The molecule has 1 saturated heterocycles. The number of methoxy groups -OCH3 is 1. The topological polar surface area (TPSA) is 67.4 Å². The molecule has 0 radical (unpaired) electrons. The van der Waals surface area contributed by atoms with E-state index in [1.807, 2.05) is 35.2 Å². The molecule has 1 amide bonds. The van der Waals surface area contributed by atoms with E-state index in [9.17, 15) is 4.79 Å². The fraction of sp³-hybridized carbons (Fsp3) is 0.524. The van der Waals surface area contributed by atoms with Crippen LogP contribution in [0.15, 0.2) is 30.3 Å². The van der Waals surface area contributed by atoms with Crippen molar-refractivity contribution in [1.29, 1.82) is 0 Å². The summed E-state index contributed by atoms with van der Waals surface area (Å²) in [6.07, 6.45) is 6.00. The van der Waals surface area contributed by atoms with Crippen LogP contribution >= 0.6 is 0 Å². The number of hydrogen-bond donors (Lipinski definition) is 1. The van der Waals surface area contributed by atoms with Gasteiger partial charge in [-0.25, -0.2) is 0 Å². The summed E-state index contributed by atoms with van der Waals surface area (Å²) in [6, 6.07) is 9.52. The van der Waals surface area contributed by atoms with E-state index in [2.05, 4.69) is 10.2 Å². The molecule has 6 heteroatoms. The smallest absolute Gasteiger partial charge is 0.271 e. The fourth-order valence-corrected chi connectivity index (χ4v) is 3.77. The second kappa shape index (κ2) is 8.13. The van der Waals surface area contributed by atoms with Crippen LogP contribution in [0.4, 0.5) is 0 Å². The van der Waals surface area contributed by atoms with E-state index in [-0.39, 0.29) is 12.0 Å². The first-order chi connectivity index (χ1) is 13.2. The lowest BCUT2D eigenvalue weighted by Gasteiger charge is -2.33. The molecule has 1 saturated carbocycles. The van der Waals surface area contributed by atoms with Crippen molar-refractivity contribution in [3.8, 4) is 17.0 Å². The molecule has 0 spiro atoms. The monoisotopic (exact) mass is 369 g/mol. The van der Waals surface area contributed by atoms with Crippen LogP contribution in [-0.4, -0.2) is 53.9 Å². The SMILES string of the molecule is COc1ccc(-c2cc(C(=O)N(CC3CCC3)CC3CCCO3)[nH]n2)cc1. The largest absolute Gasteiger partial charge is 0.497 e. The van der Waals surface area contributed by atoms with Crippen molar-refractivity contribution in [2.75, 3.05) is 26.8 Å². The van der Waals surface area contributed by atoms with E-state index in [0.29, 0.717) is 18.2 Å². The summed E-state index contributed by atoms with van der Waals surface area (Å²) in [6.45, 7) is 2.30. The second-order valence-electron chi connectivity index (χ2n) is 7.54. The minimum atomic E-state index is 0.0182. The molecule has 1 aliphatic carbocycles. The number of H-pyrrole nitrogens is 1. The number of carbonyl (C=O) groups excluding carboxylic acids is 1. The number of rotatable bonds is 7. The summed E-state index contributed by atoms with van der Waals surface area (Å²) in [5, 5.41) is 7.28. The van der Waals surface area contributed by atoms with E-state index in [4.69, 9.17) is 9.47 Å². The van der Waals surface area contributed by atoms with Gasteiger partial charge in [0.25, 0.3) is 5.91 Å². The van der Waals surface area contributed by atoms with E-state index in [1.54, 1.807) is 7.11 Å². The van der Waals surface area contributed by atoms with Gasteiger partial charge in [0.05, 0.1) is 18.9 Å². The van der Waals surface area contributed by atoms with E-state index >= 15 is 0 Å². The average molecular weight is 369 g/mol. The van der Waals surface area contributed by atoms with Gasteiger partial charge in [0.15, 0.2) is 0 Å². The van der Waals surface area contributed by atoms with Crippen molar-refractivity contribution in [2.24, 2.45) is 5.92 Å². The Morgan fingerprint density at radius 2 is 2.04 bits per heavy atom. The molecule has 1 N–H and O–H groups in total. The summed E-state index contributed by atoms with van der Waals surface area (Å²) < 4.78 is 11.0. The van der Waals surface area contributed by atoms with Crippen molar-refractivity contribution in [3.05, 3.63) is 36.0 Å². The third-order valence-corrected chi connectivity index (χ3v) is 5.63. The number of nitrogens with zero attached hydrogens (tertiary/aromatic N) is 2. The summed E-state index contributed by atoms with van der Waals surface area (Å²) in [7, 11) is 1.64. The second-order valence-corrected chi connectivity index (χ2v) is 7.54. The Hall–Kier alpha value is -2.34. The highest BCUT2D eigenvalue weighted by atomic mass is 16.5. The molecule has 144 valence electrons. The molecule has 1 aromatic heterocycles. The van der Waals surface area contributed by atoms with Crippen LogP contribution in [0.2, 0.25) is 0 Å². The number of carbonyl (C=O) groups is 1. The zero-order valence-corrected chi connectivity index (χ0v) is 15.8. The minimum absolute atomic E-state index is 0.0182. The Morgan fingerprint density at radius 3 is 2.67 bits per heavy atom. The summed E-state index contributed by atoms with van der Waals surface area (Å²) in [5.74, 6) is 1.44. The number of benzene rings is 1. The number of hydrogen-bond acceptors (Lipinski definition) is 4. The van der Waals surface area contributed by atoms with Gasteiger partial charge in [-0.3, -0.25) is 9.89 Å². The third kappa shape index (κ3) is 4.16. The summed E-state index contributed by atoms with van der Waals surface area (Å²) in [5.41, 5.74) is 2.26. The van der Waals surface area contributed by atoms with Crippen LogP contribution in [0.3, 0.4) is 0 Å². The lowest BCUT2D eigenvalue weighted by atomic mass is 9.85. The zero-order chi connectivity index (χ0) is 18.6. The molecule has 1 aromatic carbocycles. The maximum absolute atomic E-state index is 13.1. The predicted molar refractivity (Wildman–Crippen MR) is 103 cm³/mol. The lowest BCUT2D eigenvalue weighted by Crippen LogP contribution is -2.42. The number of nitrogens with one attached hydrogen (secondary N) is 1. The van der Waals surface area contributed by atoms with Crippen molar-refractivity contribution in [3.63, 3.8) is 0 Å². The standard InChI is InChI=1S/C21H27N3O3/c1-26-17-9-7-16(8-10-17)19-12-20(23-22-19)21(25)24(13-15-4-2-5-15)14-18-6-3-11-27-18/h7-10,12,15,18H,2-6,11,13-14H2,1H3,(H,22,23). The van der Waals surface area contributed by atoms with Gasteiger partial charge in [-0.05, 0) is 61.9 Å². The van der Waals surface area contributed by atoms with Gasteiger partial charge in [-0.15, -0.1) is 0 Å². The van der Waals surface area contributed by atoms with Crippen molar-refractivity contribution < 1.29 is 14.3 Å². The highest BCUT2D eigenvalue weighted by Crippen LogP contribution is 2.28. The maximum Gasteiger partial charge on any atom is 0.271 e. The summed E-state index contributed by atoms with van der Waals surface area (Å²) >= 11 is 0. The van der Waals surface area contributed by atoms with Crippen LogP contribution in [0.25, 0.3) is 11.3 Å². The van der Waals surface area contributed by atoms with E-state index < -0.39 is 0 Å². The van der Waals surface area contributed by atoms with Crippen LogP contribution < -0.4 is 4.74 Å². The highest BCUT2D eigenvalue weighted by molar-refractivity contribution is 5.93. The molecular formula is C21H27N3O3. The van der Waals surface area contributed by atoms with E-state index in [0.717, 1.165) is 43.0 Å². The number of ether oxygens (including phenoxy) is 2. The Morgan fingerprint density at radius 1 is 1.22 bits per heavy atom. The number of aromatic nitrogens is 2. The molecule has 2 fully saturated rings. The van der Waals surface area contributed by atoms with E-state index in [1.165, 1.54) is 19.3 Å². The molecule has 27 heavy (non-hydrogen) atoms. The van der Waals surface area contributed by atoms with Gasteiger partial charge in [-0.1, -0.05) is 6.42 Å². The molecule has 4 rings (SSSR count). The molecule has 6 nitrogen and oxygen atoms in total. The van der Waals surface area contributed by atoms with Gasteiger partial charge in [0, 0.05) is 25.3 Å². The van der Waals surface area contributed by atoms with Crippen LogP contribution in [0.5, 0.6) is 5.75 Å². The fourth-order valence-electron chi connectivity index (χ4n) is 3.77. The van der Waals surface area contributed by atoms with Gasteiger partial charge >= 0.3 is 0 Å². The van der Waals surface area contributed by atoms with Crippen LogP contribution in [0, 0.1) is 5.92 Å². The highest BCUT2D eigenvalue weighted by Gasteiger charge is 2.28. The first kappa shape index (κ1) is 18.0. The quantitative estimate of drug-likeness (QED) is 0.811. The Labute approximate surface area is 159 Å². The first-order valence-electron chi connectivity index (χ1n) is 9.83.